The monoisotopic (exact) mass is 398 g/mol. The molecule has 0 aliphatic carbocycles. The summed E-state index contributed by atoms with van der Waals surface area (Å²) in [6.45, 7) is 1.67. The fourth-order valence-electron chi connectivity index (χ4n) is 3.06. The number of amides is 1. The van der Waals surface area contributed by atoms with E-state index in [4.69, 9.17) is 16.3 Å². The summed E-state index contributed by atoms with van der Waals surface area (Å²) in [4.78, 5) is 16.3. The Morgan fingerprint density at radius 1 is 1.07 bits per heavy atom. The van der Waals surface area contributed by atoms with Gasteiger partial charge in [0.15, 0.2) is 0 Å². The van der Waals surface area contributed by atoms with E-state index in [1.54, 1.807) is 29.2 Å². The molecule has 0 radical (unpaired) electrons. The molecule has 0 saturated carbocycles. The Morgan fingerprint density at radius 3 is 2.41 bits per heavy atom. The number of hydrogen-bond acceptors (Lipinski definition) is 3. The van der Waals surface area contributed by atoms with E-state index in [1.807, 2.05) is 4.90 Å². The van der Waals surface area contributed by atoms with Crippen molar-refractivity contribution in [2.75, 3.05) is 38.2 Å². The maximum Gasteiger partial charge on any atom is 0.416 e. The van der Waals surface area contributed by atoms with Gasteiger partial charge in [-0.15, -0.1) is 0 Å². The van der Waals surface area contributed by atoms with Crippen molar-refractivity contribution in [1.29, 1.82) is 0 Å². The number of nitrogens with zero attached hydrogens (tertiary/aromatic N) is 2. The van der Waals surface area contributed by atoms with Crippen LogP contribution in [0, 0.1) is 0 Å². The SMILES string of the molecule is COc1ccc(Cl)cc1C(=O)N1CCN(c2cccc(C(F)(F)F)c2)CC1. The third-order valence-corrected chi connectivity index (χ3v) is 4.73. The van der Waals surface area contributed by atoms with Crippen LogP contribution in [0.2, 0.25) is 5.02 Å². The first-order valence-electron chi connectivity index (χ1n) is 8.34. The maximum atomic E-state index is 12.9. The van der Waals surface area contributed by atoms with Crippen LogP contribution < -0.4 is 9.64 Å². The molecule has 8 heteroatoms. The van der Waals surface area contributed by atoms with E-state index in [-0.39, 0.29) is 5.91 Å². The summed E-state index contributed by atoms with van der Waals surface area (Å²) >= 11 is 5.99. The quantitative estimate of drug-likeness (QED) is 0.771. The highest BCUT2D eigenvalue weighted by Gasteiger charge is 2.31. The highest BCUT2D eigenvalue weighted by Crippen LogP contribution is 2.32. The van der Waals surface area contributed by atoms with Gasteiger partial charge in [0.1, 0.15) is 5.75 Å². The molecule has 0 bridgehead atoms. The Balaban J connectivity index is 1.71. The number of halogens is 4. The van der Waals surface area contributed by atoms with E-state index in [9.17, 15) is 18.0 Å². The lowest BCUT2D eigenvalue weighted by atomic mass is 10.1. The molecule has 1 amide bonds. The average molecular weight is 399 g/mol. The predicted octanol–water partition coefficient (Wildman–Crippen LogP) is 4.33. The van der Waals surface area contributed by atoms with Crippen LogP contribution in [0.1, 0.15) is 15.9 Å². The molecule has 27 heavy (non-hydrogen) atoms. The number of carbonyl (C=O) groups is 1. The summed E-state index contributed by atoms with van der Waals surface area (Å²) in [6.07, 6.45) is -4.38. The van der Waals surface area contributed by atoms with Gasteiger partial charge < -0.3 is 14.5 Å². The average Bonchev–Trinajstić information content (AvgIpc) is 2.67. The Morgan fingerprint density at radius 2 is 1.78 bits per heavy atom. The second-order valence-electron chi connectivity index (χ2n) is 6.17. The molecule has 1 saturated heterocycles. The van der Waals surface area contributed by atoms with Crippen LogP contribution in [0.4, 0.5) is 18.9 Å². The lowest BCUT2D eigenvalue weighted by Gasteiger charge is -2.36. The van der Waals surface area contributed by atoms with Crippen molar-refractivity contribution in [2.24, 2.45) is 0 Å². The van der Waals surface area contributed by atoms with Crippen LogP contribution in [-0.4, -0.2) is 44.1 Å². The summed E-state index contributed by atoms with van der Waals surface area (Å²) in [5.74, 6) is 0.225. The zero-order valence-corrected chi connectivity index (χ0v) is 15.3. The number of hydrogen-bond donors (Lipinski definition) is 0. The molecular formula is C19H18ClF3N2O2. The second kappa shape index (κ2) is 7.68. The van der Waals surface area contributed by atoms with Gasteiger partial charge in [0.05, 0.1) is 18.2 Å². The Kier molecular flexibility index (Phi) is 5.51. The van der Waals surface area contributed by atoms with E-state index in [2.05, 4.69) is 0 Å². The van der Waals surface area contributed by atoms with Crippen molar-refractivity contribution in [3.63, 3.8) is 0 Å². The van der Waals surface area contributed by atoms with E-state index in [0.29, 0.717) is 48.2 Å². The van der Waals surface area contributed by atoms with E-state index in [1.165, 1.54) is 13.2 Å². The van der Waals surface area contributed by atoms with E-state index in [0.717, 1.165) is 12.1 Å². The van der Waals surface area contributed by atoms with Crippen molar-refractivity contribution in [3.8, 4) is 5.75 Å². The van der Waals surface area contributed by atoms with Gasteiger partial charge in [-0.3, -0.25) is 4.79 Å². The molecule has 0 unspecified atom stereocenters. The van der Waals surface area contributed by atoms with Crippen molar-refractivity contribution in [3.05, 3.63) is 58.6 Å². The normalized spacial score (nSPS) is 15.0. The molecule has 3 rings (SSSR count). The van der Waals surface area contributed by atoms with Crippen LogP contribution in [0.15, 0.2) is 42.5 Å². The Hall–Kier alpha value is -2.41. The van der Waals surface area contributed by atoms with Crippen LogP contribution in [0.5, 0.6) is 5.75 Å². The molecule has 1 aliphatic rings. The number of alkyl halides is 3. The summed E-state index contributed by atoms with van der Waals surface area (Å²) in [6, 6.07) is 10.1. The van der Waals surface area contributed by atoms with E-state index < -0.39 is 11.7 Å². The summed E-state index contributed by atoms with van der Waals surface area (Å²) in [7, 11) is 1.48. The summed E-state index contributed by atoms with van der Waals surface area (Å²) in [5.41, 5.74) is 0.192. The third-order valence-electron chi connectivity index (χ3n) is 4.50. The predicted molar refractivity (Wildman–Crippen MR) is 97.6 cm³/mol. The van der Waals surface area contributed by atoms with Gasteiger partial charge in [0.25, 0.3) is 5.91 Å². The molecule has 0 aromatic heterocycles. The molecule has 1 heterocycles. The van der Waals surface area contributed by atoms with Gasteiger partial charge in [-0.05, 0) is 36.4 Å². The molecule has 1 aliphatic heterocycles. The minimum absolute atomic E-state index is 0.210. The minimum Gasteiger partial charge on any atom is -0.496 e. The number of anilines is 1. The van der Waals surface area contributed by atoms with Crippen molar-refractivity contribution in [2.45, 2.75) is 6.18 Å². The standard InChI is InChI=1S/C19H18ClF3N2O2/c1-27-17-6-5-14(20)12-16(17)18(26)25-9-7-24(8-10-25)15-4-2-3-13(11-15)19(21,22)23/h2-6,11-12H,7-10H2,1H3. The molecule has 144 valence electrons. The maximum absolute atomic E-state index is 12.9. The molecule has 1 fully saturated rings. The Bertz CT molecular complexity index is 834. The van der Waals surface area contributed by atoms with Crippen molar-refractivity contribution >= 4 is 23.2 Å². The molecule has 2 aromatic rings. The molecule has 4 nitrogen and oxygen atoms in total. The topological polar surface area (TPSA) is 32.8 Å². The number of ether oxygens (including phenoxy) is 1. The van der Waals surface area contributed by atoms with Gasteiger partial charge in [-0.1, -0.05) is 17.7 Å². The van der Waals surface area contributed by atoms with Crippen LogP contribution in [-0.2, 0) is 6.18 Å². The fraction of sp³-hybridized carbons (Fsp3) is 0.316. The van der Waals surface area contributed by atoms with E-state index >= 15 is 0 Å². The second-order valence-corrected chi connectivity index (χ2v) is 6.61. The highest BCUT2D eigenvalue weighted by molar-refractivity contribution is 6.31. The Labute approximate surface area is 160 Å². The van der Waals surface area contributed by atoms with Gasteiger partial charge in [-0.2, -0.15) is 13.2 Å². The third kappa shape index (κ3) is 4.30. The summed E-state index contributed by atoms with van der Waals surface area (Å²) in [5, 5.41) is 0.432. The van der Waals surface area contributed by atoms with Gasteiger partial charge in [0, 0.05) is 36.9 Å². The number of methoxy groups -OCH3 is 1. The lowest BCUT2D eigenvalue weighted by molar-refractivity contribution is -0.137. The smallest absolute Gasteiger partial charge is 0.416 e. The first-order valence-corrected chi connectivity index (χ1v) is 8.72. The number of benzene rings is 2. The molecule has 2 aromatic carbocycles. The number of piperazine rings is 1. The summed E-state index contributed by atoms with van der Waals surface area (Å²) < 4.78 is 43.9. The zero-order chi connectivity index (χ0) is 19.6. The zero-order valence-electron chi connectivity index (χ0n) is 14.6. The number of carbonyl (C=O) groups excluding carboxylic acids is 1. The first kappa shape index (κ1) is 19.4. The van der Waals surface area contributed by atoms with Crippen molar-refractivity contribution in [1.82, 2.24) is 4.90 Å². The van der Waals surface area contributed by atoms with Crippen LogP contribution in [0.3, 0.4) is 0 Å². The number of rotatable bonds is 3. The lowest BCUT2D eigenvalue weighted by Crippen LogP contribution is -2.48. The van der Waals surface area contributed by atoms with Gasteiger partial charge >= 0.3 is 6.18 Å². The molecular weight excluding hydrogens is 381 g/mol. The highest BCUT2D eigenvalue weighted by atomic mass is 35.5. The largest absolute Gasteiger partial charge is 0.496 e. The molecule has 0 spiro atoms. The van der Waals surface area contributed by atoms with Crippen LogP contribution >= 0.6 is 11.6 Å². The van der Waals surface area contributed by atoms with Gasteiger partial charge in [0.2, 0.25) is 0 Å². The first-order chi connectivity index (χ1) is 12.8. The minimum atomic E-state index is -4.38. The van der Waals surface area contributed by atoms with Crippen molar-refractivity contribution < 1.29 is 22.7 Å². The van der Waals surface area contributed by atoms with Gasteiger partial charge in [-0.25, -0.2) is 0 Å². The molecule has 0 N–H and O–H groups in total. The fourth-order valence-corrected chi connectivity index (χ4v) is 3.24. The van der Waals surface area contributed by atoms with Crippen LogP contribution in [0.25, 0.3) is 0 Å². The molecule has 0 atom stereocenters.